The quantitative estimate of drug-likeness (QED) is 0.765. The molecule has 0 unspecified atom stereocenters. The van der Waals surface area contributed by atoms with Crippen LogP contribution in [-0.2, 0) is 11.3 Å². The van der Waals surface area contributed by atoms with Crippen molar-refractivity contribution in [3.8, 4) is 11.5 Å². The Morgan fingerprint density at radius 3 is 2.81 bits per heavy atom. The van der Waals surface area contributed by atoms with Gasteiger partial charge in [-0.3, -0.25) is 4.79 Å². The number of rotatable bonds is 6. The maximum absolute atomic E-state index is 10.7. The first-order valence-electron chi connectivity index (χ1n) is 6.27. The van der Waals surface area contributed by atoms with Gasteiger partial charge >= 0.3 is 0 Å². The summed E-state index contributed by atoms with van der Waals surface area (Å²) in [5.41, 5.74) is 6.79. The van der Waals surface area contributed by atoms with Crippen LogP contribution in [0.15, 0.2) is 42.5 Å². The molecule has 4 N–H and O–H groups in total. The Morgan fingerprint density at radius 1 is 1.29 bits per heavy atom. The van der Waals surface area contributed by atoms with Crippen LogP contribution in [-0.4, -0.2) is 17.6 Å². The van der Waals surface area contributed by atoms with Gasteiger partial charge in [0.2, 0.25) is 0 Å². The molecule has 0 aromatic heterocycles. The summed E-state index contributed by atoms with van der Waals surface area (Å²) >= 11 is 5.85. The Labute approximate surface area is 127 Å². The van der Waals surface area contributed by atoms with Crippen molar-refractivity contribution in [3.05, 3.63) is 53.1 Å². The lowest BCUT2D eigenvalue weighted by atomic mass is 10.2. The third kappa shape index (κ3) is 4.57. The van der Waals surface area contributed by atoms with Crippen LogP contribution in [0.25, 0.3) is 0 Å². The van der Waals surface area contributed by atoms with Crippen LogP contribution in [0.5, 0.6) is 11.5 Å². The molecule has 1 amide bonds. The van der Waals surface area contributed by atoms with E-state index in [-0.39, 0.29) is 12.4 Å². The number of aromatic hydroxyl groups is 1. The molecule has 0 atom stereocenters. The molecule has 110 valence electrons. The number of carbonyl (C=O) groups excluding carboxylic acids is 1. The average Bonchev–Trinajstić information content (AvgIpc) is 2.47. The molecule has 0 aliphatic heterocycles. The highest BCUT2D eigenvalue weighted by molar-refractivity contribution is 6.32. The van der Waals surface area contributed by atoms with Gasteiger partial charge in [0.25, 0.3) is 5.91 Å². The van der Waals surface area contributed by atoms with Crippen LogP contribution >= 0.6 is 11.6 Å². The zero-order valence-electron chi connectivity index (χ0n) is 11.2. The summed E-state index contributed by atoms with van der Waals surface area (Å²) < 4.78 is 5.23. The predicted molar refractivity (Wildman–Crippen MR) is 81.6 cm³/mol. The summed E-state index contributed by atoms with van der Waals surface area (Å²) in [7, 11) is 0. The lowest BCUT2D eigenvalue weighted by molar-refractivity contribution is -0.119. The SMILES string of the molecule is NC(=O)COc1cccc(NCc2ccc(O)c(Cl)c2)c1. The molecular weight excluding hydrogens is 292 g/mol. The van der Waals surface area contributed by atoms with Gasteiger partial charge in [0.1, 0.15) is 11.5 Å². The van der Waals surface area contributed by atoms with Crippen molar-refractivity contribution >= 4 is 23.2 Å². The van der Waals surface area contributed by atoms with E-state index in [0.717, 1.165) is 11.3 Å². The van der Waals surface area contributed by atoms with Crippen molar-refractivity contribution in [2.24, 2.45) is 5.73 Å². The molecule has 6 heteroatoms. The molecule has 0 aliphatic rings. The number of benzene rings is 2. The van der Waals surface area contributed by atoms with E-state index < -0.39 is 5.91 Å². The van der Waals surface area contributed by atoms with Gasteiger partial charge in [-0.2, -0.15) is 0 Å². The molecule has 0 heterocycles. The first-order chi connectivity index (χ1) is 10.0. The zero-order chi connectivity index (χ0) is 15.2. The number of anilines is 1. The molecule has 2 aromatic rings. The van der Waals surface area contributed by atoms with Gasteiger partial charge in [-0.05, 0) is 29.8 Å². The molecule has 0 radical (unpaired) electrons. The number of nitrogens with two attached hydrogens (primary N) is 1. The Bertz CT molecular complexity index is 647. The highest BCUT2D eigenvalue weighted by Gasteiger charge is 2.02. The summed E-state index contributed by atoms with van der Waals surface area (Å²) in [6.07, 6.45) is 0. The van der Waals surface area contributed by atoms with Gasteiger partial charge in [-0.25, -0.2) is 0 Å². The van der Waals surface area contributed by atoms with Gasteiger partial charge < -0.3 is 20.9 Å². The van der Waals surface area contributed by atoms with Crippen LogP contribution in [0.1, 0.15) is 5.56 Å². The number of halogens is 1. The lowest BCUT2D eigenvalue weighted by Gasteiger charge is -2.09. The second-order valence-corrected chi connectivity index (χ2v) is 4.83. The molecular formula is C15H15ClN2O3. The number of primary amides is 1. The fraction of sp³-hybridized carbons (Fsp3) is 0.133. The first kappa shape index (κ1) is 15.0. The van der Waals surface area contributed by atoms with E-state index in [1.165, 1.54) is 0 Å². The van der Waals surface area contributed by atoms with E-state index in [9.17, 15) is 9.90 Å². The third-order valence-electron chi connectivity index (χ3n) is 2.72. The normalized spacial score (nSPS) is 10.1. The van der Waals surface area contributed by atoms with Crippen molar-refractivity contribution in [2.75, 3.05) is 11.9 Å². The number of phenols is 1. The van der Waals surface area contributed by atoms with Crippen molar-refractivity contribution in [1.82, 2.24) is 0 Å². The maximum atomic E-state index is 10.7. The maximum Gasteiger partial charge on any atom is 0.255 e. The van der Waals surface area contributed by atoms with Crippen molar-refractivity contribution in [2.45, 2.75) is 6.54 Å². The van der Waals surface area contributed by atoms with Gasteiger partial charge in [-0.1, -0.05) is 23.7 Å². The number of hydrogen-bond acceptors (Lipinski definition) is 4. The summed E-state index contributed by atoms with van der Waals surface area (Å²) in [5, 5.41) is 12.9. The molecule has 2 aromatic carbocycles. The van der Waals surface area contributed by atoms with Crippen LogP contribution in [0, 0.1) is 0 Å². The first-order valence-corrected chi connectivity index (χ1v) is 6.65. The number of carbonyl (C=O) groups is 1. The van der Waals surface area contributed by atoms with Crippen LogP contribution < -0.4 is 15.8 Å². The van der Waals surface area contributed by atoms with Gasteiger partial charge in [0.15, 0.2) is 6.61 Å². The molecule has 0 fully saturated rings. The van der Waals surface area contributed by atoms with Crippen LogP contribution in [0.2, 0.25) is 5.02 Å². The average molecular weight is 307 g/mol. The number of amides is 1. The van der Waals surface area contributed by atoms with Gasteiger partial charge in [-0.15, -0.1) is 0 Å². The topological polar surface area (TPSA) is 84.6 Å². The van der Waals surface area contributed by atoms with E-state index in [4.69, 9.17) is 22.1 Å². The van der Waals surface area contributed by atoms with E-state index >= 15 is 0 Å². The summed E-state index contributed by atoms with van der Waals surface area (Å²) in [4.78, 5) is 10.7. The minimum absolute atomic E-state index is 0.0577. The van der Waals surface area contributed by atoms with E-state index in [1.807, 2.05) is 12.1 Å². The van der Waals surface area contributed by atoms with Crippen molar-refractivity contribution < 1.29 is 14.6 Å². The summed E-state index contributed by atoms with van der Waals surface area (Å²) in [5.74, 6) is 0.0944. The number of nitrogens with one attached hydrogen (secondary N) is 1. The largest absolute Gasteiger partial charge is 0.506 e. The molecule has 2 rings (SSSR count). The summed E-state index contributed by atoms with van der Waals surface area (Å²) in [6, 6.07) is 12.2. The van der Waals surface area contributed by atoms with E-state index in [1.54, 1.807) is 30.3 Å². The molecule has 0 spiro atoms. The summed E-state index contributed by atoms with van der Waals surface area (Å²) in [6.45, 7) is 0.385. The Balaban J connectivity index is 1.97. The Kier molecular flexibility index (Phi) is 4.90. The fourth-order valence-electron chi connectivity index (χ4n) is 1.71. The number of phenolic OH excluding ortho intramolecular Hbond substituents is 1. The second-order valence-electron chi connectivity index (χ2n) is 4.42. The Hall–Kier alpha value is -2.40. The molecule has 5 nitrogen and oxygen atoms in total. The fourth-order valence-corrected chi connectivity index (χ4v) is 1.92. The standard InChI is InChI=1S/C15H15ClN2O3/c16-13-6-10(4-5-14(13)19)8-18-11-2-1-3-12(7-11)21-9-15(17)20/h1-7,18-19H,8-9H2,(H2,17,20). The van der Waals surface area contributed by atoms with E-state index in [2.05, 4.69) is 5.32 Å². The molecule has 0 aliphatic carbocycles. The molecule has 0 saturated heterocycles. The molecule has 0 bridgehead atoms. The highest BCUT2D eigenvalue weighted by atomic mass is 35.5. The second kappa shape index (κ2) is 6.85. The minimum atomic E-state index is -0.521. The number of hydrogen-bond donors (Lipinski definition) is 3. The predicted octanol–water partition coefficient (Wildman–Crippen LogP) is 2.52. The third-order valence-corrected chi connectivity index (χ3v) is 3.03. The van der Waals surface area contributed by atoms with Gasteiger partial charge in [0, 0.05) is 18.3 Å². The van der Waals surface area contributed by atoms with Crippen LogP contribution in [0.4, 0.5) is 5.69 Å². The van der Waals surface area contributed by atoms with Gasteiger partial charge in [0.05, 0.1) is 5.02 Å². The van der Waals surface area contributed by atoms with Crippen LogP contribution in [0.3, 0.4) is 0 Å². The molecule has 0 saturated carbocycles. The van der Waals surface area contributed by atoms with Crippen molar-refractivity contribution in [3.63, 3.8) is 0 Å². The lowest BCUT2D eigenvalue weighted by Crippen LogP contribution is -2.20. The molecule has 21 heavy (non-hydrogen) atoms. The van der Waals surface area contributed by atoms with E-state index in [0.29, 0.717) is 17.3 Å². The smallest absolute Gasteiger partial charge is 0.255 e. The zero-order valence-corrected chi connectivity index (χ0v) is 11.9. The number of ether oxygens (including phenoxy) is 1. The van der Waals surface area contributed by atoms with Crippen molar-refractivity contribution in [1.29, 1.82) is 0 Å². The monoisotopic (exact) mass is 306 g/mol. The Morgan fingerprint density at radius 2 is 2.10 bits per heavy atom. The highest BCUT2D eigenvalue weighted by Crippen LogP contribution is 2.24. The minimum Gasteiger partial charge on any atom is -0.506 e.